The molecule has 116 valence electrons. The Hall–Kier alpha value is -2.35. The summed E-state index contributed by atoms with van der Waals surface area (Å²) in [6.07, 6.45) is 0.845. The van der Waals surface area contributed by atoms with Crippen LogP contribution in [0.25, 0.3) is 0 Å². The fourth-order valence-corrected chi connectivity index (χ4v) is 2.76. The summed E-state index contributed by atoms with van der Waals surface area (Å²) in [5.74, 6) is 0.261. The van der Waals surface area contributed by atoms with Gasteiger partial charge in [0.25, 0.3) is 5.69 Å². The molecule has 0 bridgehead atoms. The average molecular weight is 320 g/mol. The number of carbonyl (C=O) groups excluding carboxylic acids is 1. The molecular weight excluding hydrogens is 304 g/mol. The molecular formula is C14H16N4O3S. The number of aromatic nitrogens is 2. The van der Waals surface area contributed by atoms with Crippen molar-refractivity contribution in [2.45, 2.75) is 20.3 Å². The van der Waals surface area contributed by atoms with Crippen molar-refractivity contribution in [1.82, 2.24) is 10.2 Å². The van der Waals surface area contributed by atoms with E-state index in [0.29, 0.717) is 16.6 Å². The molecule has 0 spiro atoms. The average Bonchev–Trinajstić information content (AvgIpc) is 2.91. The van der Waals surface area contributed by atoms with E-state index in [-0.39, 0.29) is 18.0 Å². The van der Waals surface area contributed by atoms with Crippen LogP contribution in [0.5, 0.6) is 0 Å². The van der Waals surface area contributed by atoms with Gasteiger partial charge in [-0.1, -0.05) is 37.3 Å². The summed E-state index contributed by atoms with van der Waals surface area (Å²) in [6, 6.07) is 5.68. The standard InChI is InChI=1S/C14H16N4O3S/c1-9(2)6-13-16-17-14(22-13)15-8-12(19)10-4-3-5-11(7-10)18(20)21/h3-5,7,9H,6,8H2,1-2H3,(H,15,17). The maximum absolute atomic E-state index is 12.0. The molecule has 0 radical (unpaired) electrons. The summed E-state index contributed by atoms with van der Waals surface area (Å²) in [7, 11) is 0. The first-order valence-electron chi connectivity index (χ1n) is 6.79. The summed E-state index contributed by atoms with van der Waals surface area (Å²) in [6.45, 7) is 4.22. The van der Waals surface area contributed by atoms with E-state index in [1.807, 2.05) is 0 Å². The number of hydrogen-bond donors (Lipinski definition) is 1. The summed E-state index contributed by atoms with van der Waals surface area (Å²) >= 11 is 1.41. The van der Waals surface area contributed by atoms with Gasteiger partial charge in [0, 0.05) is 24.1 Å². The van der Waals surface area contributed by atoms with Gasteiger partial charge in [-0.2, -0.15) is 0 Å². The monoisotopic (exact) mass is 320 g/mol. The molecule has 1 aromatic heterocycles. The van der Waals surface area contributed by atoms with Crippen LogP contribution in [0.2, 0.25) is 0 Å². The van der Waals surface area contributed by atoms with Crippen LogP contribution < -0.4 is 5.32 Å². The molecule has 1 N–H and O–H groups in total. The quantitative estimate of drug-likeness (QED) is 0.478. The van der Waals surface area contributed by atoms with E-state index in [1.54, 1.807) is 6.07 Å². The number of rotatable bonds is 7. The summed E-state index contributed by atoms with van der Waals surface area (Å²) in [5.41, 5.74) is 0.203. The number of nitro groups is 1. The second kappa shape index (κ2) is 7.08. The lowest BCUT2D eigenvalue weighted by atomic mass is 10.1. The van der Waals surface area contributed by atoms with Crippen LogP contribution in [0.3, 0.4) is 0 Å². The Labute approximate surface area is 131 Å². The van der Waals surface area contributed by atoms with Crippen LogP contribution in [-0.4, -0.2) is 27.4 Å². The Bertz CT molecular complexity index is 684. The zero-order chi connectivity index (χ0) is 16.1. The Morgan fingerprint density at radius 3 is 2.86 bits per heavy atom. The van der Waals surface area contributed by atoms with E-state index in [1.165, 1.54) is 29.5 Å². The van der Waals surface area contributed by atoms with Gasteiger partial charge in [-0.05, 0) is 5.92 Å². The van der Waals surface area contributed by atoms with Crippen molar-refractivity contribution >= 4 is 27.9 Å². The van der Waals surface area contributed by atoms with Crippen molar-refractivity contribution in [3.8, 4) is 0 Å². The lowest BCUT2D eigenvalue weighted by Gasteiger charge is -2.02. The first-order valence-corrected chi connectivity index (χ1v) is 7.61. The molecule has 22 heavy (non-hydrogen) atoms. The molecule has 7 nitrogen and oxygen atoms in total. The number of nitro benzene ring substituents is 1. The SMILES string of the molecule is CC(C)Cc1nnc(NCC(=O)c2cccc([N+](=O)[O-])c2)s1. The van der Waals surface area contributed by atoms with Crippen LogP contribution in [0.1, 0.15) is 29.2 Å². The highest BCUT2D eigenvalue weighted by molar-refractivity contribution is 7.15. The molecule has 0 aliphatic rings. The number of hydrogen-bond acceptors (Lipinski definition) is 7. The number of benzene rings is 1. The molecule has 2 aromatic rings. The van der Waals surface area contributed by atoms with Crippen molar-refractivity contribution in [2.75, 3.05) is 11.9 Å². The van der Waals surface area contributed by atoms with E-state index >= 15 is 0 Å². The van der Waals surface area contributed by atoms with Gasteiger partial charge in [0.05, 0.1) is 11.5 Å². The largest absolute Gasteiger partial charge is 0.353 e. The van der Waals surface area contributed by atoms with Gasteiger partial charge in [-0.25, -0.2) is 0 Å². The van der Waals surface area contributed by atoms with Gasteiger partial charge in [0.1, 0.15) is 5.01 Å². The maximum Gasteiger partial charge on any atom is 0.270 e. The fourth-order valence-electron chi connectivity index (χ4n) is 1.81. The van der Waals surface area contributed by atoms with E-state index < -0.39 is 4.92 Å². The second-order valence-electron chi connectivity index (χ2n) is 5.18. The number of carbonyl (C=O) groups is 1. The molecule has 1 heterocycles. The predicted octanol–water partition coefficient (Wildman–Crippen LogP) is 2.94. The number of nitrogens with zero attached hydrogens (tertiary/aromatic N) is 3. The first kappa shape index (κ1) is 16.0. The van der Waals surface area contributed by atoms with Crippen LogP contribution in [-0.2, 0) is 6.42 Å². The maximum atomic E-state index is 12.0. The smallest absolute Gasteiger partial charge is 0.270 e. The molecule has 0 aliphatic heterocycles. The second-order valence-corrected chi connectivity index (χ2v) is 6.25. The van der Waals surface area contributed by atoms with Crippen molar-refractivity contribution in [1.29, 1.82) is 0 Å². The normalized spacial score (nSPS) is 10.7. The minimum atomic E-state index is -0.521. The zero-order valence-corrected chi connectivity index (χ0v) is 13.1. The van der Waals surface area contributed by atoms with Crippen LogP contribution in [0, 0.1) is 16.0 Å². The molecule has 8 heteroatoms. The Morgan fingerprint density at radius 1 is 1.41 bits per heavy atom. The van der Waals surface area contributed by atoms with E-state index in [0.717, 1.165) is 11.4 Å². The third-order valence-corrected chi connectivity index (χ3v) is 3.73. The molecule has 0 saturated heterocycles. The van der Waals surface area contributed by atoms with Crippen LogP contribution in [0.4, 0.5) is 10.8 Å². The van der Waals surface area contributed by atoms with Crippen molar-refractivity contribution < 1.29 is 9.72 Å². The van der Waals surface area contributed by atoms with Crippen LogP contribution in [0.15, 0.2) is 24.3 Å². The summed E-state index contributed by atoms with van der Waals surface area (Å²) in [4.78, 5) is 22.2. The number of Topliss-reactive ketones (excluding diaryl/α,β-unsaturated/α-hetero) is 1. The van der Waals surface area contributed by atoms with Gasteiger partial charge < -0.3 is 5.32 Å². The molecule has 2 rings (SSSR count). The minimum Gasteiger partial charge on any atom is -0.353 e. The highest BCUT2D eigenvalue weighted by Gasteiger charge is 2.12. The number of ketones is 1. The number of anilines is 1. The molecule has 0 atom stereocenters. The Morgan fingerprint density at radius 2 is 2.18 bits per heavy atom. The van der Waals surface area contributed by atoms with Crippen LogP contribution >= 0.6 is 11.3 Å². The highest BCUT2D eigenvalue weighted by atomic mass is 32.1. The van der Waals surface area contributed by atoms with Gasteiger partial charge in [0.15, 0.2) is 5.78 Å². The Kier molecular flexibility index (Phi) is 5.16. The summed E-state index contributed by atoms with van der Waals surface area (Å²) in [5, 5.41) is 23.1. The molecule has 1 aromatic carbocycles. The first-order chi connectivity index (χ1) is 10.5. The molecule has 0 unspecified atom stereocenters. The fraction of sp³-hybridized carbons (Fsp3) is 0.357. The Balaban J connectivity index is 1.96. The number of non-ortho nitro benzene ring substituents is 1. The lowest BCUT2D eigenvalue weighted by Crippen LogP contribution is -2.14. The molecule has 0 aliphatic carbocycles. The zero-order valence-electron chi connectivity index (χ0n) is 12.3. The van der Waals surface area contributed by atoms with Gasteiger partial charge >= 0.3 is 0 Å². The third kappa shape index (κ3) is 4.32. The predicted molar refractivity (Wildman–Crippen MR) is 84.4 cm³/mol. The van der Waals surface area contributed by atoms with E-state index in [9.17, 15) is 14.9 Å². The van der Waals surface area contributed by atoms with Crippen molar-refractivity contribution in [3.05, 3.63) is 45.0 Å². The summed E-state index contributed by atoms with van der Waals surface area (Å²) < 4.78 is 0. The minimum absolute atomic E-state index is 0.0253. The third-order valence-electron chi connectivity index (χ3n) is 2.83. The molecule has 0 fully saturated rings. The molecule has 0 saturated carbocycles. The lowest BCUT2D eigenvalue weighted by molar-refractivity contribution is -0.384. The van der Waals surface area contributed by atoms with Gasteiger partial charge in [0.2, 0.25) is 5.13 Å². The highest BCUT2D eigenvalue weighted by Crippen LogP contribution is 2.18. The van der Waals surface area contributed by atoms with E-state index in [2.05, 4.69) is 29.4 Å². The van der Waals surface area contributed by atoms with Crippen molar-refractivity contribution in [2.24, 2.45) is 5.92 Å². The molecule has 0 amide bonds. The topological polar surface area (TPSA) is 98.0 Å². The van der Waals surface area contributed by atoms with E-state index in [4.69, 9.17) is 0 Å². The van der Waals surface area contributed by atoms with Crippen molar-refractivity contribution in [3.63, 3.8) is 0 Å². The van der Waals surface area contributed by atoms with Gasteiger partial charge in [-0.15, -0.1) is 10.2 Å². The van der Waals surface area contributed by atoms with Gasteiger partial charge in [-0.3, -0.25) is 14.9 Å². The number of nitrogens with one attached hydrogen (secondary N) is 1.